The van der Waals surface area contributed by atoms with Crippen molar-refractivity contribution < 1.29 is 0 Å². The Kier molecular flexibility index (Phi) is 2.64. The van der Waals surface area contributed by atoms with E-state index in [0.717, 1.165) is 0 Å². The normalized spacial score (nSPS) is 18.1. The second-order valence-electron chi connectivity index (χ2n) is 4.50. The van der Waals surface area contributed by atoms with Crippen LogP contribution in [0.2, 0.25) is 0 Å². The Balaban J connectivity index is 2.03. The summed E-state index contributed by atoms with van der Waals surface area (Å²) in [5.74, 6) is 4.48. The largest absolute Gasteiger partial charge is 0.304 e. The summed E-state index contributed by atoms with van der Waals surface area (Å²) in [5.41, 5.74) is 2.53. The van der Waals surface area contributed by atoms with E-state index in [-0.39, 0.29) is 0 Å². The summed E-state index contributed by atoms with van der Waals surface area (Å²) < 4.78 is 2.26. The molecule has 1 saturated heterocycles. The zero-order valence-electron chi connectivity index (χ0n) is 9.52. The van der Waals surface area contributed by atoms with E-state index >= 15 is 0 Å². The van der Waals surface area contributed by atoms with Gasteiger partial charge in [0.25, 0.3) is 0 Å². The molecule has 0 bridgehead atoms. The lowest BCUT2D eigenvalue weighted by Gasteiger charge is -2.20. The van der Waals surface area contributed by atoms with Gasteiger partial charge in [0.1, 0.15) is 5.82 Å². The number of fused-ring (bicyclic) bond motifs is 1. The zero-order chi connectivity index (χ0) is 11.0. The minimum absolute atomic E-state index is 0.659. The van der Waals surface area contributed by atoms with Gasteiger partial charge in [-0.1, -0.05) is 0 Å². The highest BCUT2D eigenvalue weighted by atomic mass is 32.2. The summed E-state index contributed by atoms with van der Waals surface area (Å²) in [5, 5.41) is 0. The van der Waals surface area contributed by atoms with Crippen molar-refractivity contribution in [3.63, 3.8) is 0 Å². The van der Waals surface area contributed by atoms with Crippen molar-refractivity contribution >= 4 is 17.3 Å². The van der Waals surface area contributed by atoms with Gasteiger partial charge >= 0.3 is 0 Å². The number of imidazole rings is 1. The first-order valence-corrected chi connectivity index (χ1v) is 7.01. The predicted molar refractivity (Wildman–Crippen MR) is 69.2 cm³/mol. The average molecular weight is 232 g/mol. The van der Waals surface area contributed by atoms with Crippen molar-refractivity contribution in [2.45, 2.75) is 25.7 Å². The number of aromatic nitrogens is 2. The van der Waals surface area contributed by atoms with Crippen LogP contribution in [-0.2, 0) is 0 Å². The molecule has 16 heavy (non-hydrogen) atoms. The van der Waals surface area contributed by atoms with Crippen molar-refractivity contribution in [3.8, 4) is 0 Å². The summed E-state index contributed by atoms with van der Waals surface area (Å²) in [6.07, 6.45) is 6.72. The van der Waals surface area contributed by atoms with Crippen LogP contribution in [0, 0.1) is 6.92 Å². The van der Waals surface area contributed by atoms with E-state index in [9.17, 15) is 0 Å². The Hall–Kier alpha value is -0.960. The van der Waals surface area contributed by atoms with Crippen molar-refractivity contribution in [1.82, 2.24) is 9.38 Å². The number of rotatable bonds is 1. The maximum Gasteiger partial charge on any atom is 0.116 e. The fraction of sp³-hybridized carbons (Fsp3) is 0.462. The van der Waals surface area contributed by atoms with Gasteiger partial charge in [0, 0.05) is 12.1 Å². The van der Waals surface area contributed by atoms with Crippen LogP contribution < -0.4 is 0 Å². The third-order valence-electron chi connectivity index (χ3n) is 3.30. The monoisotopic (exact) mass is 232 g/mol. The fourth-order valence-corrected chi connectivity index (χ4v) is 3.50. The molecule has 84 valence electrons. The smallest absolute Gasteiger partial charge is 0.116 e. The van der Waals surface area contributed by atoms with E-state index in [0.29, 0.717) is 5.92 Å². The first-order valence-electron chi connectivity index (χ1n) is 5.86. The standard InChI is InChI=1S/C13H16N2S/c1-10-2-5-15-12(8-10)9-14-13(15)11-3-6-16-7-4-11/h2,5,8-9,11H,3-4,6-7H2,1H3. The number of aryl methyl sites for hydroxylation is 1. The molecule has 0 amide bonds. The maximum atomic E-state index is 4.61. The van der Waals surface area contributed by atoms with Crippen molar-refractivity contribution in [3.05, 3.63) is 35.9 Å². The van der Waals surface area contributed by atoms with Crippen LogP contribution in [0.25, 0.3) is 5.52 Å². The molecule has 1 aliphatic rings. The number of pyridine rings is 1. The molecular weight excluding hydrogens is 216 g/mol. The summed E-state index contributed by atoms with van der Waals surface area (Å²) in [4.78, 5) is 4.61. The molecular formula is C13H16N2S. The highest BCUT2D eigenvalue weighted by Gasteiger charge is 2.19. The van der Waals surface area contributed by atoms with Gasteiger partial charge in [-0.05, 0) is 49.0 Å². The third-order valence-corrected chi connectivity index (χ3v) is 4.35. The molecule has 0 saturated carbocycles. The van der Waals surface area contributed by atoms with Crippen LogP contribution in [-0.4, -0.2) is 20.9 Å². The number of hydrogen-bond acceptors (Lipinski definition) is 2. The van der Waals surface area contributed by atoms with E-state index in [4.69, 9.17) is 0 Å². The Morgan fingerprint density at radius 2 is 2.19 bits per heavy atom. The van der Waals surface area contributed by atoms with E-state index in [1.165, 1.54) is 41.3 Å². The molecule has 2 nitrogen and oxygen atoms in total. The first-order chi connectivity index (χ1) is 7.84. The van der Waals surface area contributed by atoms with E-state index in [2.05, 4.69) is 46.4 Å². The lowest BCUT2D eigenvalue weighted by atomic mass is 10.0. The van der Waals surface area contributed by atoms with Gasteiger partial charge in [-0.3, -0.25) is 0 Å². The summed E-state index contributed by atoms with van der Waals surface area (Å²) in [7, 11) is 0. The molecule has 0 aromatic carbocycles. The molecule has 1 fully saturated rings. The Bertz CT molecular complexity index is 498. The Morgan fingerprint density at radius 3 is 3.00 bits per heavy atom. The second-order valence-corrected chi connectivity index (χ2v) is 5.73. The van der Waals surface area contributed by atoms with Gasteiger partial charge in [-0.2, -0.15) is 11.8 Å². The third kappa shape index (κ3) is 1.73. The highest BCUT2D eigenvalue weighted by molar-refractivity contribution is 7.99. The van der Waals surface area contributed by atoms with E-state index < -0.39 is 0 Å². The molecule has 1 aliphatic heterocycles. The van der Waals surface area contributed by atoms with Gasteiger partial charge in [0.2, 0.25) is 0 Å². The Labute approximate surface area is 100 Å². The molecule has 3 rings (SSSR count). The Morgan fingerprint density at radius 1 is 1.38 bits per heavy atom. The van der Waals surface area contributed by atoms with E-state index in [1.54, 1.807) is 0 Å². The van der Waals surface area contributed by atoms with Crippen LogP contribution in [0.1, 0.15) is 30.1 Å². The maximum absolute atomic E-state index is 4.61. The molecule has 0 aliphatic carbocycles. The second kappa shape index (κ2) is 4.13. The summed E-state index contributed by atoms with van der Waals surface area (Å²) >= 11 is 2.07. The van der Waals surface area contributed by atoms with Gasteiger partial charge in [-0.15, -0.1) is 0 Å². The molecule has 2 aromatic rings. The van der Waals surface area contributed by atoms with Crippen LogP contribution in [0.4, 0.5) is 0 Å². The van der Waals surface area contributed by atoms with Crippen molar-refractivity contribution in [2.24, 2.45) is 0 Å². The van der Waals surface area contributed by atoms with Crippen LogP contribution >= 0.6 is 11.8 Å². The lowest BCUT2D eigenvalue weighted by Crippen LogP contribution is -2.11. The van der Waals surface area contributed by atoms with Gasteiger partial charge in [-0.25, -0.2) is 4.98 Å². The summed E-state index contributed by atoms with van der Waals surface area (Å²) in [6, 6.07) is 4.36. The molecule has 0 atom stereocenters. The lowest BCUT2D eigenvalue weighted by molar-refractivity contribution is 0.596. The highest BCUT2D eigenvalue weighted by Crippen LogP contribution is 2.31. The van der Waals surface area contributed by atoms with E-state index in [1.807, 2.05) is 6.20 Å². The SMILES string of the molecule is Cc1ccn2c(C3CCSCC3)ncc2c1. The minimum atomic E-state index is 0.659. The van der Waals surface area contributed by atoms with Crippen LogP contribution in [0.15, 0.2) is 24.5 Å². The molecule has 0 radical (unpaired) electrons. The molecule has 3 heterocycles. The van der Waals surface area contributed by atoms with Crippen LogP contribution in [0.5, 0.6) is 0 Å². The van der Waals surface area contributed by atoms with Crippen LogP contribution in [0.3, 0.4) is 0 Å². The topological polar surface area (TPSA) is 17.3 Å². The van der Waals surface area contributed by atoms with Gasteiger partial charge < -0.3 is 4.40 Å². The number of thioether (sulfide) groups is 1. The van der Waals surface area contributed by atoms with Gasteiger partial charge in [0.15, 0.2) is 0 Å². The fourth-order valence-electron chi connectivity index (χ4n) is 2.39. The molecule has 2 aromatic heterocycles. The van der Waals surface area contributed by atoms with Crippen molar-refractivity contribution in [1.29, 1.82) is 0 Å². The van der Waals surface area contributed by atoms with Gasteiger partial charge in [0.05, 0.1) is 11.7 Å². The minimum Gasteiger partial charge on any atom is -0.304 e. The molecule has 0 unspecified atom stereocenters. The van der Waals surface area contributed by atoms with Crippen molar-refractivity contribution in [2.75, 3.05) is 11.5 Å². The molecule has 3 heteroatoms. The average Bonchev–Trinajstić information content (AvgIpc) is 2.73. The number of hydrogen-bond donors (Lipinski definition) is 0. The molecule has 0 spiro atoms. The zero-order valence-corrected chi connectivity index (χ0v) is 10.3. The number of nitrogens with zero attached hydrogens (tertiary/aromatic N) is 2. The predicted octanol–water partition coefficient (Wildman–Crippen LogP) is 3.25. The molecule has 0 N–H and O–H groups in total. The first kappa shape index (κ1) is 10.2. The quantitative estimate of drug-likeness (QED) is 0.751. The summed E-state index contributed by atoms with van der Waals surface area (Å²) in [6.45, 7) is 2.13.